The van der Waals surface area contributed by atoms with Gasteiger partial charge in [0.05, 0.1) is 13.7 Å². The Morgan fingerprint density at radius 1 is 1.47 bits per heavy atom. The second-order valence-corrected chi connectivity index (χ2v) is 3.06. The van der Waals surface area contributed by atoms with Crippen LogP contribution in [0.1, 0.15) is 18.6 Å². The first-order valence-corrected chi connectivity index (χ1v) is 4.78. The van der Waals surface area contributed by atoms with Gasteiger partial charge < -0.3 is 14.6 Å². The Hall–Kier alpha value is -1.13. The second kappa shape index (κ2) is 5.68. The van der Waals surface area contributed by atoms with E-state index in [0.29, 0.717) is 17.9 Å². The van der Waals surface area contributed by atoms with Gasteiger partial charge in [-0.05, 0) is 25.1 Å². The molecule has 1 aromatic rings. The van der Waals surface area contributed by atoms with Gasteiger partial charge in [-0.25, -0.2) is 4.39 Å². The topological polar surface area (TPSA) is 38.7 Å². The fourth-order valence-electron chi connectivity index (χ4n) is 1.28. The highest BCUT2D eigenvalue weighted by atomic mass is 19.1. The summed E-state index contributed by atoms with van der Waals surface area (Å²) in [4.78, 5) is 0. The van der Waals surface area contributed by atoms with Gasteiger partial charge in [-0.2, -0.15) is 0 Å². The molecule has 1 unspecified atom stereocenters. The van der Waals surface area contributed by atoms with Crippen LogP contribution in [0.4, 0.5) is 4.39 Å². The van der Waals surface area contributed by atoms with Crippen molar-refractivity contribution in [1.29, 1.82) is 0 Å². The van der Waals surface area contributed by atoms with E-state index in [1.54, 1.807) is 0 Å². The highest BCUT2D eigenvalue weighted by Gasteiger charge is 2.14. The zero-order chi connectivity index (χ0) is 11.3. The summed E-state index contributed by atoms with van der Waals surface area (Å²) in [5.74, 6) is 0.0601. The van der Waals surface area contributed by atoms with Crippen molar-refractivity contribution in [2.24, 2.45) is 0 Å². The van der Waals surface area contributed by atoms with Crippen LogP contribution in [0.3, 0.4) is 0 Å². The van der Waals surface area contributed by atoms with Gasteiger partial charge in [0, 0.05) is 12.2 Å². The predicted octanol–water partition coefficient (Wildman–Crippen LogP) is 1.90. The predicted molar refractivity (Wildman–Crippen MR) is 54.4 cm³/mol. The lowest BCUT2D eigenvalue weighted by Crippen LogP contribution is -2.08. The van der Waals surface area contributed by atoms with Crippen LogP contribution >= 0.6 is 0 Å². The molecule has 4 heteroatoms. The molecular weight excluding hydrogens is 199 g/mol. The molecule has 0 fully saturated rings. The molecule has 3 nitrogen and oxygen atoms in total. The molecular formula is C11H15FO3. The summed E-state index contributed by atoms with van der Waals surface area (Å²) in [7, 11) is 1.48. The first kappa shape index (κ1) is 11.9. The lowest BCUT2D eigenvalue weighted by atomic mass is 10.1. The highest BCUT2D eigenvalue weighted by molar-refractivity contribution is 5.35. The van der Waals surface area contributed by atoms with Crippen LogP contribution in [0, 0.1) is 5.82 Å². The van der Waals surface area contributed by atoms with Crippen LogP contribution in [0.2, 0.25) is 0 Å². The van der Waals surface area contributed by atoms with Crippen LogP contribution in [0.5, 0.6) is 5.75 Å². The Kier molecular flexibility index (Phi) is 4.52. The summed E-state index contributed by atoms with van der Waals surface area (Å²) < 4.78 is 23.0. The monoisotopic (exact) mass is 214 g/mol. The molecule has 0 spiro atoms. The minimum Gasteiger partial charge on any atom is -0.496 e. The maximum atomic E-state index is 13.0. The van der Waals surface area contributed by atoms with E-state index in [4.69, 9.17) is 9.47 Å². The third kappa shape index (κ3) is 3.18. The molecule has 0 aliphatic heterocycles. The van der Waals surface area contributed by atoms with E-state index in [9.17, 15) is 9.50 Å². The number of hydrogen-bond acceptors (Lipinski definition) is 3. The average Bonchev–Trinajstić information content (AvgIpc) is 2.25. The molecule has 1 aromatic carbocycles. The highest BCUT2D eigenvalue weighted by Crippen LogP contribution is 2.26. The fraction of sp³-hybridized carbons (Fsp3) is 0.455. The first-order chi connectivity index (χ1) is 7.19. The summed E-state index contributed by atoms with van der Waals surface area (Å²) >= 11 is 0. The minimum absolute atomic E-state index is 0.135. The maximum absolute atomic E-state index is 13.0. The summed E-state index contributed by atoms with van der Waals surface area (Å²) in [6, 6.07) is 4.03. The molecule has 0 amide bonds. The maximum Gasteiger partial charge on any atom is 0.124 e. The Morgan fingerprint density at radius 2 is 2.20 bits per heavy atom. The SMILES string of the molecule is CCOCC(O)c1cc(F)ccc1OC. The van der Waals surface area contributed by atoms with Crippen LogP contribution in [0.25, 0.3) is 0 Å². The number of methoxy groups -OCH3 is 1. The van der Waals surface area contributed by atoms with Crippen LogP contribution in [-0.4, -0.2) is 25.4 Å². The number of halogens is 1. The Labute approximate surface area is 88.4 Å². The van der Waals surface area contributed by atoms with Gasteiger partial charge in [-0.3, -0.25) is 0 Å². The van der Waals surface area contributed by atoms with Crippen molar-refractivity contribution < 1.29 is 19.0 Å². The zero-order valence-corrected chi connectivity index (χ0v) is 8.87. The molecule has 0 radical (unpaired) electrons. The van der Waals surface area contributed by atoms with Crippen LogP contribution in [0.15, 0.2) is 18.2 Å². The van der Waals surface area contributed by atoms with Crippen molar-refractivity contribution in [3.8, 4) is 5.75 Å². The van der Waals surface area contributed by atoms with Crippen molar-refractivity contribution in [3.63, 3.8) is 0 Å². The molecule has 1 atom stereocenters. The zero-order valence-electron chi connectivity index (χ0n) is 8.87. The van der Waals surface area contributed by atoms with Crippen molar-refractivity contribution in [2.45, 2.75) is 13.0 Å². The first-order valence-electron chi connectivity index (χ1n) is 4.78. The van der Waals surface area contributed by atoms with E-state index in [0.717, 1.165) is 0 Å². The van der Waals surface area contributed by atoms with E-state index in [-0.39, 0.29) is 6.61 Å². The van der Waals surface area contributed by atoms with Crippen LogP contribution < -0.4 is 4.74 Å². The second-order valence-electron chi connectivity index (χ2n) is 3.06. The molecule has 84 valence electrons. The molecule has 0 aliphatic carbocycles. The van der Waals surface area contributed by atoms with Crippen molar-refractivity contribution in [3.05, 3.63) is 29.6 Å². The summed E-state index contributed by atoms with van der Waals surface area (Å²) in [6.07, 6.45) is -0.865. The molecule has 15 heavy (non-hydrogen) atoms. The molecule has 0 bridgehead atoms. The molecule has 0 aromatic heterocycles. The number of aliphatic hydroxyl groups is 1. The van der Waals surface area contributed by atoms with Gasteiger partial charge in [-0.1, -0.05) is 0 Å². The lowest BCUT2D eigenvalue weighted by molar-refractivity contribution is 0.0406. The van der Waals surface area contributed by atoms with E-state index in [1.165, 1.54) is 25.3 Å². The molecule has 0 saturated heterocycles. The van der Waals surface area contributed by atoms with Gasteiger partial charge in [0.2, 0.25) is 0 Å². The van der Waals surface area contributed by atoms with Crippen molar-refractivity contribution >= 4 is 0 Å². The molecule has 0 heterocycles. The van der Waals surface area contributed by atoms with Gasteiger partial charge in [0.15, 0.2) is 0 Å². The Balaban J connectivity index is 2.85. The number of hydrogen-bond donors (Lipinski definition) is 1. The average molecular weight is 214 g/mol. The quantitative estimate of drug-likeness (QED) is 0.813. The van der Waals surface area contributed by atoms with Crippen LogP contribution in [-0.2, 0) is 4.74 Å². The summed E-state index contributed by atoms with van der Waals surface area (Å²) in [5, 5.41) is 9.72. The van der Waals surface area contributed by atoms with Gasteiger partial charge in [0.1, 0.15) is 17.7 Å². The summed E-state index contributed by atoms with van der Waals surface area (Å²) in [5.41, 5.74) is 0.408. The van der Waals surface area contributed by atoms with E-state index >= 15 is 0 Å². The minimum atomic E-state index is -0.865. The molecule has 0 aliphatic rings. The molecule has 0 saturated carbocycles. The Morgan fingerprint density at radius 3 is 2.80 bits per heavy atom. The fourth-order valence-corrected chi connectivity index (χ4v) is 1.28. The number of ether oxygens (including phenoxy) is 2. The molecule has 1 rings (SSSR count). The third-order valence-corrected chi connectivity index (χ3v) is 2.03. The van der Waals surface area contributed by atoms with Gasteiger partial charge >= 0.3 is 0 Å². The normalized spacial score (nSPS) is 12.5. The number of rotatable bonds is 5. The third-order valence-electron chi connectivity index (χ3n) is 2.03. The van der Waals surface area contributed by atoms with E-state index in [1.807, 2.05) is 6.92 Å². The standard InChI is InChI=1S/C11H15FO3/c1-3-15-7-10(13)9-6-8(12)4-5-11(9)14-2/h4-6,10,13H,3,7H2,1-2H3. The summed E-state index contributed by atoms with van der Waals surface area (Å²) in [6.45, 7) is 2.47. The number of benzene rings is 1. The molecule has 1 N–H and O–H groups in total. The van der Waals surface area contributed by atoms with Crippen molar-refractivity contribution in [2.75, 3.05) is 20.3 Å². The Bertz CT molecular complexity index is 315. The van der Waals surface area contributed by atoms with Crippen molar-refractivity contribution in [1.82, 2.24) is 0 Å². The largest absolute Gasteiger partial charge is 0.496 e. The smallest absolute Gasteiger partial charge is 0.124 e. The lowest BCUT2D eigenvalue weighted by Gasteiger charge is -2.14. The van der Waals surface area contributed by atoms with E-state index in [2.05, 4.69) is 0 Å². The van der Waals surface area contributed by atoms with Gasteiger partial charge in [-0.15, -0.1) is 0 Å². The van der Waals surface area contributed by atoms with E-state index < -0.39 is 11.9 Å². The number of aliphatic hydroxyl groups excluding tert-OH is 1. The van der Waals surface area contributed by atoms with Gasteiger partial charge in [0.25, 0.3) is 0 Å².